The first kappa shape index (κ1) is 10.5. The lowest BCUT2D eigenvalue weighted by Gasteiger charge is -2.04. The van der Waals surface area contributed by atoms with Crippen molar-refractivity contribution in [3.05, 3.63) is 30.1 Å². The molecule has 0 unspecified atom stereocenters. The van der Waals surface area contributed by atoms with E-state index in [0.717, 1.165) is 6.07 Å². The van der Waals surface area contributed by atoms with Crippen molar-refractivity contribution in [3.63, 3.8) is 0 Å². The predicted octanol–water partition coefficient (Wildman–Crippen LogP) is 0.873. The van der Waals surface area contributed by atoms with Crippen molar-refractivity contribution < 1.29 is 13.9 Å². The van der Waals surface area contributed by atoms with Gasteiger partial charge in [-0.25, -0.2) is 9.18 Å². The van der Waals surface area contributed by atoms with Gasteiger partial charge < -0.3 is 15.8 Å². The number of carbonyl (C=O) groups is 1. The zero-order chi connectivity index (χ0) is 10.4. The van der Waals surface area contributed by atoms with Crippen LogP contribution in [0.25, 0.3) is 0 Å². The molecule has 1 amide bonds. The summed E-state index contributed by atoms with van der Waals surface area (Å²) in [6.07, 6.45) is -0.638. The third kappa shape index (κ3) is 3.40. The minimum atomic E-state index is -0.638. The van der Waals surface area contributed by atoms with Crippen LogP contribution in [-0.4, -0.2) is 19.2 Å². The van der Waals surface area contributed by atoms with Gasteiger partial charge in [0, 0.05) is 19.2 Å². The fourth-order valence-electron chi connectivity index (χ4n) is 0.848. The molecule has 0 aliphatic heterocycles. The van der Waals surface area contributed by atoms with Gasteiger partial charge in [0.05, 0.1) is 0 Å². The molecule has 5 heteroatoms. The van der Waals surface area contributed by atoms with Gasteiger partial charge in [-0.05, 0) is 12.1 Å². The van der Waals surface area contributed by atoms with E-state index in [1.807, 2.05) is 0 Å². The first-order valence-corrected chi connectivity index (χ1v) is 4.13. The maximum Gasteiger partial charge on any atom is 0.412 e. The molecule has 0 spiro atoms. The van der Waals surface area contributed by atoms with Crippen LogP contribution in [0.2, 0.25) is 0 Å². The van der Waals surface area contributed by atoms with Crippen LogP contribution in [0.15, 0.2) is 24.3 Å². The van der Waals surface area contributed by atoms with E-state index in [-0.39, 0.29) is 5.75 Å². The molecule has 0 atom stereocenters. The molecule has 14 heavy (non-hydrogen) atoms. The highest BCUT2D eigenvalue weighted by atomic mass is 19.1. The summed E-state index contributed by atoms with van der Waals surface area (Å²) in [6.45, 7) is 0.659. The maximum atomic E-state index is 12.6. The van der Waals surface area contributed by atoms with Crippen LogP contribution in [0.1, 0.15) is 0 Å². The summed E-state index contributed by atoms with van der Waals surface area (Å²) in [5.41, 5.74) is 5.16. The minimum Gasteiger partial charge on any atom is -0.410 e. The van der Waals surface area contributed by atoms with Crippen molar-refractivity contribution in [3.8, 4) is 5.75 Å². The largest absolute Gasteiger partial charge is 0.412 e. The van der Waals surface area contributed by atoms with Crippen molar-refractivity contribution in [2.75, 3.05) is 13.1 Å². The van der Waals surface area contributed by atoms with E-state index >= 15 is 0 Å². The second-order valence-corrected chi connectivity index (χ2v) is 2.56. The van der Waals surface area contributed by atoms with Gasteiger partial charge >= 0.3 is 6.09 Å². The SMILES string of the molecule is NCCNC(=O)Oc1cccc(F)c1. The Morgan fingerprint density at radius 3 is 3.00 bits per heavy atom. The lowest BCUT2D eigenvalue weighted by molar-refractivity contribution is 0.200. The van der Waals surface area contributed by atoms with Crippen LogP contribution in [-0.2, 0) is 0 Å². The number of nitrogens with two attached hydrogens (primary N) is 1. The fourth-order valence-corrected chi connectivity index (χ4v) is 0.848. The van der Waals surface area contributed by atoms with Crippen molar-refractivity contribution in [2.45, 2.75) is 0 Å². The lowest BCUT2D eigenvalue weighted by Crippen LogP contribution is -2.31. The topological polar surface area (TPSA) is 64.3 Å². The van der Waals surface area contributed by atoms with Crippen LogP contribution in [0.5, 0.6) is 5.75 Å². The number of ether oxygens (including phenoxy) is 1. The summed E-state index contributed by atoms with van der Waals surface area (Å²) in [5.74, 6) is -0.284. The number of carbonyl (C=O) groups excluding carboxylic acids is 1. The third-order valence-electron chi connectivity index (χ3n) is 1.42. The summed E-state index contributed by atoms with van der Waals surface area (Å²) < 4.78 is 17.4. The molecule has 1 aromatic rings. The van der Waals surface area contributed by atoms with Gasteiger partial charge in [0.1, 0.15) is 11.6 Å². The van der Waals surface area contributed by atoms with Gasteiger partial charge in [-0.3, -0.25) is 0 Å². The van der Waals surface area contributed by atoms with E-state index in [1.165, 1.54) is 18.2 Å². The number of hydrogen-bond donors (Lipinski definition) is 2. The maximum absolute atomic E-state index is 12.6. The number of halogens is 1. The molecule has 0 saturated heterocycles. The van der Waals surface area contributed by atoms with E-state index in [1.54, 1.807) is 0 Å². The number of benzene rings is 1. The Balaban J connectivity index is 2.47. The number of rotatable bonds is 3. The standard InChI is InChI=1S/C9H11FN2O2/c10-7-2-1-3-8(6-7)14-9(13)12-5-4-11/h1-3,6H,4-5,11H2,(H,12,13). The van der Waals surface area contributed by atoms with Gasteiger partial charge in [-0.1, -0.05) is 6.07 Å². The van der Waals surface area contributed by atoms with Crippen LogP contribution in [0.3, 0.4) is 0 Å². The molecule has 0 aliphatic rings. The Morgan fingerprint density at radius 1 is 1.57 bits per heavy atom. The van der Waals surface area contributed by atoms with E-state index in [2.05, 4.69) is 5.32 Å². The lowest BCUT2D eigenvalue weighted by atomic mass is 10.3. The minimum absolute atomic E-state index is 0.166. The van der Waals surface area contributed by atoms with Crippen LogP contribution in [0.4, 0.5) is 9.18 Å². The second-order valence-electron chi connectivity index (χ2n) is 2.56. The van der Waals surface area contributed by atoms with E-state index in [9.17, 15) is 9.18 Å². The molecular weight excluding hydrogens is 187 g/mol. The smallest absolute Gasteiger partial charge is 0.410 e. The molecule has 0 bridgehead atoms. The molecule has 0 fully saturated rings. The number of amides is 1. The molecule has 0 aromatic heterocycles. The highest BCUT2D eigenvalue weighted by Crippen LogP contribution is 2.11. The van der Waals surface area contributed by atoms with Crippen molar-refractivity contribution in [1.29, 1.82) is 0 Å². The molecule has 4 nitrogen and oxygen atoms in total. The summed E-state index contributed by atoms with van der Waals surface area (Å²) >= 11 is 0. The highest BCUT2D eigenvalue weighted by Gasteiger charge is 2.02. The average Bonchev–Trinajstić information content (AvgIpc) is 2.15. The first-order valence-electron chi connectivity index (χ1n) is 4.13. The second kappa shape index (κ2) is 5.18. The molecule has 0 heterocycles. The highest BCUT2D eigenvalue weighted by molar-refractivity contribution is 5.70. The predicted molar refractivity (Wildman–Crippen MR) is 49.5 cm³/mol. The summed E-state index contributed by atoms with van der Waals surface area (Å²) in [6, 6.07) is 5.35. The number of nitrogens with one attached hydrogen (secondary N) is 1. The van der Waals surface area contributed by atoms with Gasteiger partial charge in [0.15, 0.2) is 0 Å². The summed E-state index contributed by atoms with van der Waals surface area (Å²) in [4.78, 5) is 11.0. The van der Waals surface area contributed by atoms with Crippen molar-refractivity contribution >= 4 is 6.09 Å². The van der Waals surface area contributed by atoms with Crippen LogP contribution < -0.4 is 15.8 Å². The van der Waals surface area contributed by atoms with Crippen molar-refractivity contribution in [2.24, 2.45) is 5.73 Å². The summed E-state index contributed by atoms with van der Waals surface area (Å²) in [5, 5.41) is 2.39. The molecule has 3 N–H and O–H groups in total. The van der Waals surface area contributed by atoms with E-state index in [4.69, 9.17) is 10.5 Å². The van der Waals surface area contributed by atoms with E-state index in [0.29, 0.717) is 13.1 Å². The monoisotopic (exact) mass is 198 g/mol. The van der Waals surface area contributed by atoms with Crippen LogP contribution in [0, 0.1) is 5.82 Å². The third-order valence-corrected chi connectivity index (χ3v) is 1.42. The average molecular weight is 198 g/mol. The molecule has 1 rings (SSSR count). The van der Waals surface area contributed by atoms with Gasteiger partial charge in [-0.15, -0.1) is 0 Å². The Bertz CT molecular complexity index is 317. The molecule has 0 radical (unpaired) electrons. The Kier molecular flexibility index (Phi) is 3.87. The summed E-state index contributed by atoms with van der Waals surface area (Å²) in [7, 11) is 0. The molecular formula is C9H11FN2O2. The van der Waals surface area contributed by atoms with Crippen molar-refractivity contribution in [1.82, 2.24) is 5.32 Å². The fraction of sp³-hybridized carbons (Fsp3) is 0.222. The van der Waals surface area contributed by atoms with Gasteiger partial charge in [-0.2, -0.15) is 0 Å². The molecule has 76 valence electrons. The molecule has 0 saturated carbocycles. The Morgan fingerprint density at radius 2 is 2.36 bits per heavy atom. The number of hydrogen-bond acceptors (Lipinski definition) is 3. The van der Waals surface area contributed by atoms with Gasteiger partial charge in [0.2, 0.25) is 0 Å². The zero-order valence-electron chi connectivity index (χ0n) is 7.50. The van der Waals surface area contributed by atoms with E-state index < -0.39 is 11.9 Å². The Hall–Kier alpha value is -1.62. The zero-order valence-corrected chi connectivity index (χ0v) is 7.50. The quantitative estimate of drug-likeness (QED) is 0.757. The molecule has 1 aromatic carbocycles. The normalized spacial score (nSPS) is 9.57. The van der Waals surface area contributed by atoms with Crippen LogP contribution >= 0.6 is 0 Å². The molecule has 0 aliphatic carbocycles. The van der Waals surface area contributed by atoms with Gasteiger partial charge in [0.25, 0.3) is 0 Å². The first-order chi connectivity index (χ1) is 6.72. The Labute approximate surface area is 80.9 Å².